The summed E-state index contributed by atoms with van der Waals surface area (Å²) in [6, 6.07) is 36.5. The second kappa shape index (κ2) is 12.1. The molecule has 4 N–H and O–H groups in total. The first-order chi connectivity index (χ1) is 21.2. The normalized spacial score (nSPS) is 40.2. The van der Waals surface area contributed by atoms with Gasteiger partial charge in [-0.3, -0.25) is 0 Å². The van der Waals surface area contributed by atoms with Gasteiger partial charge in [-0.2, -0.15) is 0 Å². The fourth-order valence-electron chi connectivity index (χ4n) is 9.06. The largest absolute Gasteiger partial charge is 0.310 e. The van der Waals surface area contributed by atoms with Gasteiger partial charge < -0.3 is 21.3 Å². The zero-order valence-corrected chi connectivity index (χ0v) is 26.2. The van der Waals surface area contributed by atoms with Gasteiger partial charge in [0.05, 0.1) is 0 Å². The maximum Gasteiger partial charge on any atom is 0.0488 e. The Morgan fingerprint density at radius 1 is 0.395 bits per heavy atom. The van der Waals surface area contributed by atoms with Crippen molar-refractivity contribution in [3.05, 3.63) is 132 Å². The summed E-state index contributed by atoms with van der Waals surface area (Å²) in [5.74, 6) is 1.12. The fourth-order valence-corrected chi connectivity index (χ4v) is 9.81. The Bertz CT molecular complexity index is 1390. The van der Waals surface area contributed by atoms with Gasteiger partial charge >= 0.3 is 0 Å². The smallest absolute Gasteiger partial charge is 0.0488 e. The molecule has 12 atom stereocenters. The lowest BCUT2D eigenvalue weighted by atomic mass is 9.83. The Kier molecular flexibility index (Phi) is 7.87. The molecule has 0 aliphatic carbocycles. The van der Waals surface area contributed by atoms with E-state index in [1.165, 1.54) is 42.4 Å². The molecule has 8 bridgehead atoms. The molecule has 3 aromatic carbocycles. The summed E-state index contributed by atoms with van der Waals surface area (Å²) in [6.45, 7) is 0. The lowest BCUT2D eigenvalue weighted by Gasteiger charge is -2.37. The number of fused-ring (bicyclic) bond motifs is 8. The van der Waals surface area contributed by atoms with Crippen LogP contribution in [0.5, 0.6) is 0 Å². The average molecular weight is 636 g/mol. The highest BCUT2D eigenvalue weighted by atomic mass is 79.9. The van der Waals surface area contributed by atoms with Crippen LogP contribution in [0.15, 0.2) is 115 Å². The Labute approximate surface area is 265 Å². The van der Waals surface area contributed by atoms with E-state index in [-0.39, 0.29) is 6.04 Å². The molecule has 3 fully saturated rings. The maximum atomic E-state index is 4.25. The fraction of sp³-hybridized carbons (Fsp3) is 0.421. The van der Waals surface area contributed by atoms with Crippen LogP contribution < -0.4 is 21.3 Å². The number of rotatable bonds is 3. The number of hydrogen-bond acceptors (Lipinski definition) is 4. The highest BCUT2D eigenvalue weighted by Gasteiger charge is 2.46. The minimum atomic E-state index is 0.285. The molecule has 0 spiro atoms. The van der Waals surface area contributed by atoms with Crippen molar-refractivity contribution in [1.82, 2.24) is 21.3 Å². The third-order valence-electron chi connectivity index (χ3n) is 11.0. The number of benzene rings is 3. The second-order valence-corrected chi connectivity index (χ2v) is 14.4. The summed E-state index contributed by atoms with van der Waals surface area (Å²) in [4.78, 5) is 0.339. The summed E-state index contributed by atoms with van der Waals surface area (Å²) in [5, 5.41) is 16.7. The summed E-state index contributed by atoms with van der Waals surface area (Å²) in [6.07, 6.45) is 14.6. The van der Waals surface area contributed by atoms with Crippen LogP contribution in [-0.4, -0.2) is 53.2 Å². The maximum absolute atomic E-state index is 4.25. The van der Waals surface area contributed by atoms with Crippen LogP contribution in [0, 0.1) is 0 Å². The van der Waals surface area contributed by atoms with Crippen LogP contribution in [-0.2, 0) is 0 Å². The first-order valence-corrected chi connectivity index (χ1v) is 17.3. The number of hydrogen-bond donors (Lipinski definition) is 4. The van der Waals surface area contributed by atoms with Crippen LogP contribution in [0.25, 0.3) is 0 Å². The Morgan fingerprint density at radius 2 is 0.721 bits per heavy atom. The predicted molar refractivity (Wildman–Crippen MR) is 180 cm³/mol. The Balaban J connectivity index is 1.19. The lowest BCUT2D eigenvalue weighted by Crippen LogP contribution is -2.53. The van der Waals surface area contributed by atoms with Gasteiger partial charge in [-0.15, -0.1) is 0 Å². The van der Waals surface area contributed by atoms with Gasteiger partial charge in [-0.05, 0) is 42.4 Å². The molecule has 0 amide bonds. The predicted octanol–water partition coefficient (Wildman–Crippen LogP) is 6.15. The van der Waals surface area contributed by atoms with Crippen molar-refractivity contribution in [2.75, 3.05) is 0 Å². The van der Waals surface area contributed by atoms with Crippen molar-refractivity contribution >= 4 is 15.9 Å². The molecule has 43 heavy (non-hydrogen) atoms. The van der Waals surface area contributed by atoms with Crippen molar-refractivity contribution in [3.63, 3.8) is 0 Å². The number of nitrogens with one attached hydrogen (secondary N) is 4. The monoisotopic (exact) mass is 634 g/mol. The summed E-state index contributed by atoms with van der Waals surface area (Å²) < 4.78 is 0. The molecule has 5 aliphatic heterocycles. The molecule has 222 valence electrons. The van der Waals surface area contributed by atoms with Gasteiger partial charge in [0.1, 0.15) is 0 Å². The third kappa shape index (κ3) is 5.38. The van der Waals surface area contributed by atoms with Crippen LogP contribution in [0.4, 0.5) is 0 Å². The van der Waals surface area contributed by atoms with Gasteiger partial charge in [0.15, 0.2) is 0 Å². The van der Waals surface area contributed by atoms with Gasteiger partial charge in [0.25, 0.3) is 0 Å². The van der Waals surface area contributed by atoms with Gasteiger partial charge in [0, 0.05) is 70.9 Å². The van der Waals surface area contributed by atoms with E-state index in [1.807, 2.05) is 0 Å². The average Bonchev–Trinajstić information content (AvgIpc) is 3.88. The first-order valence-electron chi connectivity index (χ1n) is 16.4. The van der Waals surface area contributed by atoms with Gasteiger partial charge in [-0.25, -0.2) is 0 Å². The van der Waals surface area contributed by atoms with E-state index < -0.39 is 0 Å². The molecule has 3 saturated heterocycles. The van der Waals surface area contributed by atoms with E-state index in [2.05, 4.69) is 152 Å². The first kappa shape index (κ1) is 28.0. The molecule has 5 aliphatic rings. The second-order valence-electron chi connectivity index (χ2n) is 13.4. The van der Waals surface area contributed by atoms with E-state index in [0.29, 0.717) is 64.9 Å². The van der Waals surface area contributed by atoms with Crippen LogP contribution >= 0.6 is 15.9 Å². The zero-order valence-electron chi connectivity index (χ0n) is 24.6. The van der Waals surface area contributed by atoms with E-state index in [4.69, 9.17) is 0 Å². The molecule has 12 unspecified atom stereocenters. The zero-order chi connectivity index (χ0) is 28.8. The van der Waals surface area contributed by atoms with Crippen LogP contribution in [0.1, 0.15) is 60.1 Å². The summed E-state index contributed by atoms with van der Waals surface area (Å²) >= 11 is 4.19. The molecule has 8 rings (SSSR count). The molecule has 4 nitrogen and oxygen atoms in total. The summed E-state index contributed by atoms with van der Waals surface area (Å²) in [7, 11) is 0. The van der Waals surface area contributed by atoms with Crippen LogP contribution in [0.3, 0.4) is 0 Å². The quantitative estimate of drug-likeness (QED) is 0.206. The standard InChI is InChI=1S/C38H43BrN4/c39-38-33-22-20-31(42-33)36(25-12-6-2-7-13-25)29-18-16-27(40-29)35(24-10-4-1-5-11-24)28-17-19-30(41-28)37(26-14-8-3-9-15-26)32-21-23-34(38)43-32/h1-16,18,21,23,27-38,40-43H,17,19-20,22H2. The van der Waals surface area contributed by atoms with Crippen molar-refractivity contribution in [1.29, 1.82) is 0 Å². The highest BCUT2D eigenvalue weighted by molar-refractivity contribution is 9.09. The minimum absolute atomic E-state index is 0.285. The summed E-state index contributed by atoms with van der Waals surface area (Å²) in [5.41, 5.74) is 4.28. The van der Waals surface area contributed by atoms with E-state index in [1.54, 1.807) is 0 Å². The molecular weight excluding hydrogens is 592 g/mol. The van der Waals surface area contributed by atoms with E-state index in [9.17, 15) is 0 Å². The molecule has 3 aromatic rings. The third-order valence-corrected chi connectivity index (χ3v) is 12.2. The van der Waals surface area contributed by atoms with E-state index in [0.717, 1.165) is 0 Å². The molecule has 0 saturated carbocycles. The van der Waals surface area contributed by atoms with E-state index >= 15 is 0 Å². The number of alkyl halides is 1. The minimum Gasteiger partial charge on any atom is -0.310 e. The van der Waals surface area contributed by atoms with Crippen LogP contribution in [0.2, 0.25) is 0 Å². The molecule has 0 radical (unpaired) electrons. The van der Waals surface area contributed by atoms with Gasteiger partial charge in [0.2, 0.25) is 0 Å². The Morgan fingerprint density at radius 3 is 1.14 bits per heavy atom. The SMILES string of the molecule is BrC1C2C=CC(N2)C(c2ccccc2)C2CCC(N2)C(c2ccccc2)C2C=CC(N2)C(c2ccccc2)C2CCC1N2. The highest BCUT2D eigenvalue weighted by Crippen LogP contribution is 2.41. The van der Waals surface area contributed by atoms with Gasteiger partial charge in [-0.1, -0.05) is 131 Å². The van der Waals surface area contributed by atoms with Crippen molar-refractivity contribution in [3.8, 4) is 0 Å². The molecular formula is C38H43BrN4. The molecule has 0 aromatic heterocycles. The molecule has 5 heterocycles. The van der Waals surface area contributed by atoms with Crippen molar-refractivity contribution < 1.29 is 0 Å². The van der Waals surface area contributed by atoms with Crippen molar-refractivity contribution in [2.45, 2.75) is 96.6 Å². The topological polar surface area (TPSA) is 48.1 Å². The van der Waals surface area contributed by atoms with Crippen molar-refractivity contribution in [2.24, 2.45) is 0 Å². The Hall–Kier alpha value is -2.54. The molecule has 5 heteroatoms. The lowest BCUT2D eigenvalue weighted by molar-refractivity contribution is 0.330. The number of halogens is 1.